The lowest BCUT2D eigenvalue weighted by atomic mass is 10.3. The van der Waals surface area contributed by atoms with Gasteiger partial charge in [0, 0.05) is 11.4 Å². The zero-order valence-corrected chi connectivity index (χ0v) is 15.0. The number of carbonyl (C=O) groups excluding carboxylic acids is 2. The number of benzene rings is 2. The fourth-order valence-electron chi connectivity index (χ4n) is 2.65. The minimum Gasteiger partial charge on any atom is -0.326 e. The van der Waals surface area contributed by atoms with E-state index in [1.807, 2.05) is 88.5 Å². The lowest BCUT2D eigenvalue weighted by molar-refractivity contribution is -0.695. The van der Waals surface area contributed by atoms with Crippen LogP contribution in [0.25, 0.3) is 0 Å². The van der Waals surface area contributed by atoms with Crippen molar-refractivity contribution >= 4 is 23.2 Å². The fraction of sp³-hybridized carbons (Fsp3) is 0.190. The molecule has 138 valence electrons. The molecule has 0 saturated heterocycles. The van der Waals surface area contributed by atoms with Crippen LogP contribution in [-0.4, -0.2) is 16.4 Å². The highest BCUT2D eigenvalue weighted by molar-refractivity contribution is 5.91. The fourth-order valence-corrected chi connectivity index (χ4v) is 2.65. The summed E-state index contributed by atoms with van der Waals surface area (Å²) in [5.74, 6) is -0.0487. The molecule has 0 aliphatic rings. The molecule has 27 heavy (non-hydrogen) atoms. The predicted octanol–water partition coefficient (Wildman–Crippen LogP) is 2.83. The Morgan fingerprint density at radius 2 is 1.37 bits per heavy atom. The molecule has 3 aromatic rings. The SMILES string of the molecule is O=C(CCn1cc[n+](CCC(=O)Nc2ccccc2)c1)Nc1ccccc1. The molecule has 2 amide bonds. The molecular weight excluding hydrogens is 340 g/mol. The molecule has 1 heterocycles. The maximum atomic E-state index is 12.0. The van der Waals surface area contributed by atoms with Crippen LogP contribution in [0.2, 0.25) is 0 Å². The van der Waals surface area contributed by atoms with Gasteiger partial charge in [-0.3, -0.25) is 9.59 Å². The minimum absolute atomic E-state index is 0.0244. The highest BCUT2D eigenvalue weighted by Crippen LogP contribution is 2.06. The molecule has 0 spiro atoms. The second-order valence-corrected chi connectivity index (χ2v) is 6.22. The highest BCUT2D eigenvalue weighted by Gasteiger charge is 2.09. The zero-order chi connectivity index (χ0) is 18.9. The summed E-state index contributed by atoms with van der Waals surface area (Å²) in [6.45, 7) is 1.17. The number of nitrogens with zero attached hydrogens (tertiary/aromatic N) is 2. The van der Waals surface area contributed by atoms with E-state index in [9.17, 15) is 9.59 Å². The van der Waals surface area contributed by atoms with Crippen molar-refractivity contribution in [3.8, 4) is 0 Å². The number of hydrogen-bond donors (Lipinski definition) is 2. The number of hydrogen-bond acceptors (Lipinski definition) is 2. The summed E-state index contributed by atoms with van der Waals surface area (Å²) in [5, 5.41) is 5.74. The van der Waals surface area contributed by atoms with Crippen LogP contribution in [0.4, 0.5) is 11.4 Å². The van der Waals surface area contributed by atoms with Gasteiger partial charge in [-0.2, -0.15) is 0 Å². The normalized spacial score (nSPS) is 10.4. The topological polar surface area (TPSA) is 67.0 Å². The van der Waals surface area contributed by atoms with E-state index in [1.165, 1.54) is 0 Å². The monoisotopic (exact) mass is 363 g/mol. The third-order valence-corrected chi connectivity index (χ3v) is 4.06. The van der Waals surface area contributed by atoms with E-state index in [0.29, 0.717) is 25.9 Å². The van der Waals surface area contributed by atoms with Crippen LogP contribution in [-0.2, 0) is 22.7 Å². The van der Waals surface area contributed by atoms with Gasteiger partial charge in [0.1, 0.15) is 12.4 Å². The Balaban J connectivity index is 1.40. The first-order chi connectivity index (χ1) is 13.2. The quantitative estimate of drug-likeness (QED) is 0.605. The first kappa shape index (κ1) is 18.4. The van der Waals surface area contributed by atoms with E-state index in [1.54, 1.807) is 0 Å². The van der Waals surface area contributed by atoms with E-state index in [4.69, 9.17) is 0 Å². The van der Waals surface area contributed by atoms with Crippen LogP contribution in [0.5, 0.6) is 0 Å². The summed E-state index contributed by atoms with van der Waals surface area (Å²) in [7, 11) is 0. The predicted molar refractivity (Wildman–Crippen MR) is 104 cm³/mol. The van der Waals surface area contributed by atoms with E-state index < -0.39 is 0 Å². The Hall–Kier alpha value is -3.41. The maximum Gasteiger partial charge on any atom is 0.243 e. The molecule has 3 rings (SSSR count). The molecule has 0 saturated carbocycles. The van der Waals surface area contributed by atoms with E-state index in [2.05, 4.69) is 10.6 Å². The first-order valence-corrected chi connectivity index (χ1v) is 8.94. The first-order valence-electron chi connectivity index (χ1n) is 8.94. The molecule has 0 fully saturated rings. The molecule has 2 aromatic carbocycles. The van der Waals surface area contributed by atoms with E-state index >= 15 is 0 Å². The van der Waals surface area contributed by atoms with Crippen molar-refractivity contribution in [2.24, 2.45) is 0 Å². The minimum atomic E-state index is -0.0244. The van der Waals surface area contributed by atoms with Crippen LogP contribution >= 0.6 is 0 Å². The number of amides is 2. The molecular formula is C21H23N4O2+. The Kier molecular flexibility index (Phi) is 6.35. The smallest absolute Gasteiger partial charge is 0.243 e. The molecule has 6 nitrogen and oxygen atoms in total. The number of imidazole rings is 1. The van der Waals surface area contributed by atoms with Gasteiger partial charge in [0.25, 0.3) is 0 Å². The van der Waals surface area contributed by atoms with Crippen molar-refractivity contribution in [2.75, 3.05) is 10.6 Å². The molecule has 1 aromatic heterocycles. The number of rotatable bonds is 8. The summed E-state index contributed by atoms with van der Waals surface area (Å²) >= 11 is 0. The average molecular weight is 363 g/mol. The Morgan fingerprint density at radius 1 is 0.815 bits per heavy atom. The summed E-state index contributed by atoms with van der Waals surface area (Å²) in [6.07, 6.45) is 6.50. The molecule has 0 aliphatic heterocycles. The lowest BCUT2D eigenvalue weighted by Crippen LogP contribution is -2.33. The van der Waals surface area contributed by atoms with Crippen molar-refractivity contribution < 1.29 is 14.2 Å². The highest BCUT2D eigenvalue weighted by atomic mass is 16.2. The summed E-state index contributed by atoms with van der Waals surface area (Å²) < 4.78 is 3.89. The average Bonchev–Trinajstić information content (AvgIpc) is 3.14. The van der Waals surface area contributed by atoms with Crippen LogP contribution in [0.3, 0.4) is 0 Å². The zero-order valence-electron chi connectivity index (χ0n) is 15.0. The van der Waals surface area contributed by atoms with Gasteiger partial charge in [-0.25, -0.2) is 9.13 Å². The molecule has 6 heteroatoms. The Bertz CT molecular complexity index is 803. The number of para-hydroxylation sites is 2. The summed E-state index contributed by atoms with van der Waals surface area (Å²) in [6, 6.07) is 18.8. The molecule has 0 unspecified atom stereocenters. The largest absolute Gasteiger partial charge is 0.326 e. The van der Waals surface area contributed by atoms with Gasteiger partial charge in [0.2, 0.25) is 18.1 Å². The molecule has 0 radical (unpaired) electrons. The Morgan fingerprint density at radius 3 is 1.96 bits per heavy atom. The number of nitrogens with one attached hydrogen (secondary N) is 2. The van der Waals surface area contributed by atoms with Crippen LogP contribution in [0.15, 0.2) is 79.4 Å². The molecule has 0 bridgehead atoms. The Labute approximate surface area is 158 Å². The van der Waals surface area contributed by atoms with Crippen LogP contribution in [0.1, 0.15) is 12.8 Å². The third-order valence-electron chi connectivity index (χ3n) is 4.06. The van der Waals surface area contributed by atoms with Gasteiger partial charge < -0.3 is 10.6 Å². The third kappa shape index (κ3) is 6.11. The van der Waals surface area contributed by atoms with E-state index in [-0.39, 0.29) is 11.8 Å². The number of aryl methyl sites for hydroxylation is 2. The molecule has 0 aliphatic carbocycles. The van der Waals surface area contributed by atoms with Crippen molar-refractivity contribution in [3.63, 3.8) is 0 Å². The van der Waals surface area contributed by atoms with Crippen molar-refractivity contribution in [1.29, 1.82) is 0 Å². The van der Waals surface area contributed by atoms with Crippen molar-refractivity contribution in [3.05, 3.63) is 79.4 Å². The van der Waals surface area contributed by atoms with Crippen molar-refractivity contribution in [2.45, 2.75) is 25.9 Å². The summed E-state index contributed by atoms with van der Waals surface area (Å²) in [5.41, 5.74) is 1.60. The van der Waals surface area contributed by atoms with Gasteiger partial charge >= 0.3 is 0 Å². The number of anilines is 2. The van der Waals surface area contributed by atoms with Gasteiger partial charge in [0.15, 0.2) is 0 Å². The van der Waals surface area contributed by atoms with Crippen molar-refractivity contribution in [1.82, 2.24) is 4.57 Å². The summed E-state index contributed by atoms with van der Waals surface area (Å²) in [4.78, 5) is 24.0. The standard InChI is InChI=1S/C21H22N4O2/c26-20(22-18-7-3-1-4-8-18)11-13-24-15-16-25(17-24)14-12-21(27)23-19-9-5-2-6-10-19/h1-10,15-17H,11-14H2,(H-,22,23,26,27)/p+1. The van der Waals surface area contributed by atoms with Gasteiger partial charge in [-0.05, 0) is 24.3 Å². The van der Waals surface area contributed by atoms with Crippen LogP contribution in [0, 0.1) is 0 Å². The maximum absolute atomic E-state index is 12.0. The second-order valence-electron chi connectivity index (χ2n) is 6.22. The number of aromatic nitrogens is 2. The van der Waals surface area contributed by atoms with Crippen LogP contribution < -0.4 is 15.2 Å². The van der Waals surface area contributed by atoms with Gasteiger partial charge in [0.05, 0.1) is 25.9 Å². The molecule has 0 atom stereocenters. The number of carbonyl (C=O) groups is 2. The lowest BCUT2D eigenvalue weighted by Gasteiger charge is -2.04. The molecule has 2 N–H and O–H groups in total. The van der Waals surface area contributed by atoms with Gasteiger partial charge in [-0.15, -0.1) is 0 Å². The van der Waals surface area contributed by atoms with Gasteiger partial charge in [-0.1, -0.05) is 36.4 Å². The van der Waals surface area contributed by atoms with E-state index in [0.717, 1.165) is 11.4 Å². The second kappa shape index (κ2) is 9.33.